The summed E-state index contributed by atoms with van der Waals surface area (Å²) >= 11 is 11.6. The van der Waals surface area contributed by atoms with E-state index < -0.39 is 45.5 Å². The van der Waals surface area contributed by atoms with Crippen molar-refractivity contribution in [2.24, 2.45) is 10.3 Å². The van der Waals surface area contributed by atoms with Gasteiger partial charge in [-0.25, -0.2) is 9.37 Å². The molecule has 0 radical (unpaired) electrons. The number of carbonyl (C=O) groups excluding carboxylic acids is 1. The Kier molecular flexibility index (Phi) is 8.83. The summed E-state index contributed by atoms with van der Waals surface area (Å²) in [6.07, 6.45) is -0.588. The first-order valence-electron chi connectivity index (χ1n) is 12.8. The summed E-state index contributed by atoms with van der Waals surface area (Å²) in [6.45, 7) is 1.05. The van der Waals surface area contributed by atoms with Crippen molar-refractivity contribution in [3.05, 3.63) is 93.7 Å². The average Bonchev–Trinajstić information content (AvgIpc) is 3.67. The molecule has 9 nitrogen and oxygen atoms in total. The molecule has 4 aromatic rings. The Morgan fingerprint density at radius 3 is 2.60 bits per heavy atom. The average molecular weight is 637 g/mol. The Balaban J connectivity index is 1.30. The molecule has 43 heavy (non-hydrogen) atoms. The van der Waals surface area contributed by atoms with E-state index in [1.807, 2.05) is 0 Å². The molecule has 1 aliphatic rings. The maximum Gasteiger partial charge on any atom is 0.435 e. The van der Waals surface area contributed by atoms with Crippen molar-refractivity contribution in [1.82, 2.24) is 20.1 Å². The van der Waals surface area contributed by atoms with Gasteiger partial charge < -0.3 is 15.0 Å². The van der Waals surface area contributed by atoms with Gasteiger partial charge in [0.1, 0.15) is 19.3 Å². The van der Waals surface area contributed by atoms with Gasteiger partial charge >= 0.3 is 6.18 Å². The van der Waals surface area contributed by atoms with Crippen LogP contribution in [0.25, 0.3) is 10.8 Å². The highest BCUT2D eigenvalue weighted by molar-refractivity contribution is 6.35. The molecule has 224 valence electrons. The smallest absolute Gasteiger partial charge is 0.396 e. The first kappa shape index (κ1) is 30.2. The summed E-state index contributed by atoms with van der Waals surface area (Å²) in [4.78, 5) is 27.1. The first-order chi connectivity index (χ1) is 20.6. The van der Waals surface area contributed by atoms with Crippen LogP contribution in [0.5, 0.6) is 0 Å². The molecular weight excluding hydrogens is 615 g/mol. The van der Waals surface area contributed by atoms with Crippen molar-refractivity contribution < 1.29 is 32.0 Å². The maximum absolute atomic E-state index is 14.5. The quantitative estimate of drug-likeness (QED) is 0.0725. The van der Waals surface area contributed by atoms with Crippen LogP contribution in [0.3, 0.4) is 0 Å². The van der Waals surface area contributed by atoms with E-state index in [0.717, 1.165) is 12.1 Å². The normalized spacial score (nSPS) is 16.8. The molecule has 15 heteroatoms. The number of rotatable bonds is 10. The Morgan fingerprint density at radius 2 is 1.91 bits per heavy atom. The number of oxime groups is 2. The molecule has 1 amide bonds. The zero-order valence-electron chi connectivity index (χ0n) is 22.1. The number of nitrogens with zero attached hydrogens (tertiary/aromatic N) is 5. The lowest BCUT2D eigenvalue weighted by Gasteiger charge is -2.29. The second-order valence-electron chi connectivity index (χ2n) is 9.43. The van der Waals surface area contributed by atoms with Gasteiger partial charge in [0.25, 0.3) is 11.5 Å². The first-order valence-corrected chi connectivity index (χ1v) is 13.6. The van der Waals surface area contributed by atoms with E-state index in [9.17, 15) is 22.4 Å². The number of carbonyl (C=O) groups is 1. The number of fused-ring (bicyclic) bond motifs is 1. The van der Waals surface area contributed by atoms with Crippen molar-refractivity contribution in [2.45, 2.75) is 31.2 Å². The van der Waals surface area contributed by atoms with Crippen LogP contribution in [0.4, 0.5) is 17.6 Å². The number of aryl methyl sites for hydroxylation is 1. The second-order valence-corrected chi connectivity index (χ2v) is 10.2. The fourth-order valence-corrected chi connectivity index (χ4v) is 5.09. The monoisotopic (exact) mass is 636 g/mol. The Morgan fingerprint density at radius 1 is 1.16 bits per heavy atom. The topological polar surface area (TPSA) is 103 Å². The van der Waals surface area contributed by atoms with Crippen molar-refractivity contribution >= 4 is 51.8 Å². The van der Waals surface area contributed by atoms with Gasteiger partial charge in [-0.1, -0.05) is 63.8 Å². The predicted octanol–water partition coefficient (Wildman–Crippen LogP) is 6.28. The van der Waals surface area contributed by atoms with Gasteiger partial charge in [0.05, 0.1) is 28.5 Å². The predicted molar refractivity (Wildman–Crippen MR) is 152 cm³/mol. The fourth-order valence-electron chi connectivity index (χ4n) is 4.60. The van der Waals surface area contributed by atoms with Gasteiger partial charge in [0.2, 0.25) is 0 Å². The Bertz CT molecular complexity index is 1670. The number of hydrogen-bond donors (Lipinski definition) is 1. The number of benzene rings is 3. The lowest BCUT2D eigenvalue weighted by atomic mass is 9.85. The van der Waals surface area contributed by atoms with Gasteiger partial charge in [-0.15, -0.1) is 0 Å². The largest absolute Gasteiger partial charge is 0.435 e. The molecule has 3 aromatic carbocycles. The highest BCUT2D eigenvalue weighted by atomic mass is 35.5. The Labute approximate surface area is 252 Å². The minimum Gasteiger partial charge on any atom is -0.396 e. The van der Waals surface area contributed by atoms with Crippen LogP contribution in [0.1, 0.15) is 34.3 Å². The van der Waals surface area contributed by atoms with Crippen molar-refractivity contribution in [2.75, 3.05) is 13.2 Å². The minimum atomic E-state index is -4.96. The van der Waals surface area contributed by atoms with Crippen molar-refractivity contribution in [1.29, 1.82) is 0 Å². The molecule has 0 fully saturated rings. The van der Waals surface area contributed by atoms with Crippen LogP contribution in [0.2, 0.25) is 10.0 Å². The summed E-state index contributed by atoms with van der Waals surface area (Å²) in [5.41, 5.74) is -2.83. The summed E-state index contributed by atoms with van der Waals surface area (Å²) < 4.78 is 59.1. The number of nitrogens with one attached hydrogen (secondary N) is 1. The minimum absolute atomic E-state index is 0.0230. The summed E-state index contributed by atoms with van der Waals surface area (Å²) in [6, 6.07) is 11.4. The summed E-state index contributed by atoms with van der Waals surface area (Å²) in [5, 5.41) is 14.1. The maximum atomic E-state index is 14.5. The van der Waals surface area contributed by atoms with Gasteiger partial charge in [0, 0.05) is 36.1 Å². The lowest BCUT2D eigenvalue weighted by Crippen LogP contribution is -2.42. The zero-order chi connectivity index (χ0) is 30.6. The number of amides is 1. The highest BCUT2D eigenvalue weighted by Gasteiger charge is 2.62. The van der Waals surface area contributed by atoms with Crippen LogP contribution in [0.15, 0.2) is 71.5 Å². The van der Waals surface area contributed by atoms with Gasteiger partial charge in [-0.05, 0) is 29.0 Å². The van der Waals surface area contributed by atoms with Crippen LogP contribution >= 0.6 is 23.2 Å². The molecule has 2 heterocycles. The second kappa shape index (κ2) is 12.6. The van der Waals surface area contributed by atoms with Crippen LogP contribution in [0, 0.1) is 5.82 Å². The van der Waals surface area contributed by atoms with E-state index >= 15 is 0 Å². The number of hydrogen-bond acceptors (Lipinski definition) is 7. The van der Waals surface area contributed by atoms with Crippen LogP contribution < -0.4 is 5.32 Å². The summed E-state index contributed by atoms with van der Waals surface area (Å²) in [5.74, 6) is -1.47. The van der Waals surface area contributed by atoms with E-state index in [4.69, 9.17) is 32.9 Å². The molecule has 0 spiro atoms. The molecule has 1 unspecified atom stereocenters. The molecule has 0 aliphatic carbocycles. The molecule has 0 saturated carbocycles. The standard InChI is InChI=1S/C28H22Cl2F4N6O3/c29-22-12-17(13-23(30)25(22)31)27(28(32,33)34)14-24(39-43-27)20-6-7-21(19-5-2-1-4-18(19)20)26(41)36-8-9-38-42-11-3-10-40-16-35-15-37-40/h1-2,4-7,9,12-13,15-16H,3,8,10-11,14H2,(H,36,41)/b38-9-. The molecule has 1 N–H and O–H groups in total. The summed E-state index contributed by atoms with van der Waals surface area (Å²) in [7, 11) is 0. The fraction of sp³-hybridized carbons (Fsp3) is 0.250. The molecule has 1 aliphatic heterocycles. The molecule has 1 aromatic heterocycles. The van der Waals surface area contributed by atoms with E-state index in [0.29, 0.717) is 41.5 Å². The van der Waals surface area contributed by atoms with Gasteiger partial charge in [0.15, 0.2) is 5.82 Å². The van der Waals surface area contributed by atoms with E-state index in [2.05, 4.69) is 25.7 Å². The van der Waals surface area contributed by atoms with Crippen LogP contribution in [-0.2, 0) is 21.8 Å². The molecule has 0 bridgehead atoms. The number of aromatic nitrogens is 3. The van der Waals surface area contributed by atoms with Crippen LogP contribution in [-0.4, -0.2) is 51.9 Å². The number of alkyl halides is 3. The molecule has 5 rings (SSSR count). The molecule has 0 saturated heterocycles. The Hall–Kier alpha value is -4.23. The van der Waals surface area contributed by atoms with Gasteiger partial charge in [-0.3, -0.25) is 9.48 Å². The van der Waals surface area contributed by atoms with Crippen molar-refractivity contribution in [3.63, 3.8) is 0 Å². The number of halogens is 6. The molecular formula is C28H22Cl2F4N6O3. The third kappa shape index (κ3) is 6.27. The molecule has 1 atom stereocenters. The van der Waals surface area contributed by atoms with Gasteiger partial charge in [-0.2, -0.15) is 18.3 Å². The van der Waals surface area contributed by atoms with Crippen molar-refractivity contribution in [3.8, 4) is 0 Å². The zero-order valence-corrected chi connectivity index (χ0v) is 23.6. The third-order valence-corrected chi connectivity index (χ3v) is 7.26. The lowest BCUT2D eigenvalue weighted by molar-refractivity contribution is -0.275. The van der Waals surface area contributed by atoms with E-state index in [1.54, 1.807) is 35.3 Å². The SMILES string of the molecule is O=C(NC/C=N\OCCCn1cncn1)c1ccc(C2=NOC(c3cc(Cl)c(F)c(Cl)c3)(C(F)(F)F)C2)c2ccccc12. The third-order valence-electron chi connectivity index (χ3n) is 6.71. The van der Waals surface area contributed by atoms with E-state index in [1.165, 1.54) is 24.7 Å². The highest BCUT2D eigenvalue weighted by Crippen LogP contribution is 2.50. The van der Waals surface area contributed by atoms with E-state index in [-0.39, 0.29) is 12.3 Å².